The molecule has 0 saturated carbocycles. The van der Waals surface area contributed by atoms with Crippen LogP contribution in [0.15, 0.2) is 24.3 Å². The molecule has 0 unspecified atom stereocenters. The molecule has 1 aromatic heterocycles. The van der Waals surface area contributed by atoms with Crippen LogP contribution in [0.5, 0.6) is 0 Å². The normalized spacial score (nSPS) is 11.8. The first-order valence-corrected chi connectivity index (χ1v) is 7.23. The maximum atomic E-state index is 5.62. The Morgan fingerprint density at radius 1 is 1.33 bits per heavy atom. The van der Waals surface area contributed by atoms with Crippen LogP contribution in [0.2, 0.25) is 0 Å². The van der Waals surface area contributed by atoms with E-state index in [-0.39, 0.29) is 5.54 Å². The number of hydrogen-bond acceptors (Lipinski definition) is 3. The maximum Gasteiger partial charge on any atom is 0.0809 e. The van der Waals surface area contributed by atoms with Crippen molar-refractivity contribution in [2.24, 2.45) is 0 Å². The summed E-state index contributed by atoms with van der Waals surface area (Å²) in [5.74, 6) is 0. The molecule has 1 rings (SSSR count). The number of nitrogens with one attached hydrogen (secondary N) is 1. The molecule has 0 aliphatic rings. The molecule has 1 aromatic rings. The molecule has 0 aromatic carbocycles. The summed E-state index contributed by atoms with van der Waals surface area (Å²) in [5, 5.41) is 3.49. The molecule has 3 heteroatoms. The average Bonchev–Trinajstić information content (AvgIpc) is 2.68. The van der Waals surface area contributed by atoms with Crippen LogP contribution in [0, 0.1) is 0 Å². The SMILES string of the molecule is C=C(C)CCOCc1ccc(CNC(C)(C)C)s1. The van der Waals surface area contributed by atoms with Gasteiger partial charge >= 0.3 is 0 Å². The second-order valence-electron chi connectivity index (χ2n) is 5.73. The van der Waals surface area contributed by atoms with Crippen molar-refractivity contribution in [2.45, 2.75) is 52.8 Å². The highest BCUT2D eigenvalue weighted by Crippen LogP contribution is 2.18. The lowest BCUT2D eigenvalue weighted by atomic mass is 10.1. The van der Waals surface area contributed by atoms with Crippen molar-refractivity contribution in [3.8, 4) is 0 Å². The lowest BCUT2D eigenvalue weighted by Gasteiger charge is -2.19. The molecule has 0 radical (unpaired) electrons. The summed E-state index contributed by atoms with van der Waals surface area (Å²) in [6.07, 6.45) is 0.948. The summed E-state index contributed by atoms with van der Waals surface area (Å²) < 4.78 is 5.62. The van der Waals surface area contributed by atoms with Crippen LogP contribution in [0.3, 0.4) is 0 Å². The van der Waals surface area contributed by atoms with Gasteiger partial charge in [-0.25, -0.2) is 0 Å². The summed E-state index contributed by atoms with van der Waals surface area (Å²) in [6.45, 7) is 14.9. The van der Waals surface area contributed by atoms with Gasteiger partial charge in [0.1, 0.15) is 0 Å². The summed E-state index contributed by atoms with van der Waals surface area (Å²) in [4.78, 5) is 2.66. The molecular weight excluding hydrogens is 242 g/mol. The molecule has 0 bridgehead atoms. The third-order valence-electron chi connectivity index (χ3n) is 2.43. The van der Waals surface area contributed by atoms with Gasteiger partial charge in [-0.2, -0.15) is 0 Å². The highest BCUT2D eigenvalue weighted by atomic mass is 32.1. The standard InChI is InChI=1S/C15H25NOS/c1-12(2)8-9-17-11-14-7-6-13(18-14)10-16-15(3,4)5/h6-7,16H,1,8-11H2,2-5H3. The summed E-state index contributed by atoms with van der Waals surface area (Å²) in [6, 6.07) is 4.34. The van der Waals surface area contributed by atoms with Crippen molar-refractivity contribution < 1.29 is 4.74 Å². The van der Waals surface area contributed by atoms with Gasteiger partial charge in [-0.1, -0.05) is 5.57 Å². The van der Waals surface area contributed by atoms with E-state index >= 15 is 0 Å². The van der Waals surface area contributed by atoms with Gasteiger partial charge < -0.3 is 10.1 Å². The van der Waals surface area contributed by atoms with Gasteiger partial charge in [0.05, 0.1) is 13.2 Å². The Labute approximate surface area is 115 Å². The lowest BCUT2D eigenvalue weighted by molar-refractivity contribution is 0.126. The third-order valence-corrected chi connectivity index (χ3v) is 3.49. The van der Waals surface area contributed by atoms with Gasteiger partial charge in [-0.3, -0.25) is 0 Å². The third kappa shape index (κ3) is 6.94. The van der Waals surface area contributed by atoms with Crippen LogP contribution in [0.4, 0.5) is 0 Å². The van der Waals surface area contributed by atoms with Crippen LogP contribution < -0.4 is 5.32 Å². The van der Waals surface area contributed by atoms with E-state index in [4.69, 9.17) is 4.74 Å². The fourth-order valence-electron chi connectivity index (χ4n) is 1.37. The Kier molecular flexibility index (Phi) is 6.06. The van der Waals surface area contributed by atoms with Gasteiger partial charge in [-0.05, 0) is 46.2 Å². The summed E-state index contributed by atoms with van der Waals surface area (Å²) >= 11 is 1.82. The minimum atomic E-state index is 0.169. The quantitative estimate of drug-likeness (QED) is 0.593. The molecule has 1 N–H and O–H groups in total. The highest BCUT2D eigenvalue weighted by molar-refractivity contribution is 7.11. The van der Waals surface area contributed by atoms with E-state index in [0.717, 1.165) is 19.6 Å². The minimum Gasteiger partial charge on any atom is -0.376 e. The minimum absolute atomic E-state index is 0.169. The zero-order valence-corrected chi connectivity index (χ0v) is 12.8. The van der Waals surface area contributed by atoms with Crippen molar-refractivity contribution in [3.05, 3.63) is 34.0 Å². The van der Waals surface area contributed by atoms with Crippen LogP contribution >= 0.6 is 11.3 Å². The van der Waals surface area contributed by atoms with Gasteiger partial charge in [0.15, 0.2) is 0 Å². The molecule has 0 amide bonds. The molecule has 102 valence electrons. The van der Waals surface area contributed by atoms with Crippen molar-refractivity contribution in [1.29, 1.82) is 0 Å². The first-order valence-electron chi connectivity index (χ1n) is 6.41. The van der Waals surface area contributed by atoms with E-state index < -0.39 is 0 Å². The zero-order valence-electron chi connectivity index (χ0n) is 12.0. The molecular formula is C15H25NOS. The second-order valence-corrected chi connectivity index (χ2v) is 6.98. The molecule has 0 aliphatic carbocycles. The van der Waals surface area contributed by atoms with E-state index in [0.29, 0.717) is 6.61 Å². The first kappa shape index (κ1) is 15.4. The number of thiophene rings is 1. The Morgan fingerprint density at radius 2 is 2.00 bits per heavy atom. The van der Waals surface area contributed by atoms with E-state index in [9.17, 15) is 0 Å². The van der Waals surface area contributed by atoms with Crippen LogP contribution in [0.25, 0.3) is 0 Å². The number of ether oxygens (including phenoxy) is 1. The van der Waals surface area contributed by atoms with Gasteiger partial charge in [-0.15, -0.1) is 17.9 Å². The van der Waals surface area contributed by atoms with Crippen LogP contribution in [-0.4, -0.2) is 12.1 Å². The van der Waals surface area contributed by atoms with Gasteiger partial charge in [0, 0.05) is 21.8 Å². The Morgan fingerprint density at radius 3 is 2.61 bits per heavy atom. The number of rotatable bonds is 7. The molecule has 0 fully saturated rings. The first-order chi connectivity index (χ1) is 8.37. The molecule has 18 heavy (non-hydrogen) atoms. The molecule has 0 aliphatic heterocycles. The zero-order chi connectivity index (χ0) is 13.6. The average molecular weight is 267 g/mol. The fraction of sp³-hybridized carbons (Fsp3) is 0.600. The van der Waals surface area contributed by atoms with Crippen molar-refractivity contribution in [3.63, 3.8) is 0 Å². The molecule has 0 spiro atoms. The smallest absolute Gasteiger partial charge is 0.0809 e. The Hall–Kier alpha value is -0.640. The van der Waals surface area contributed by atoms with Crippen LogP contribution in [-0.2, 0) is 17.9 Å². The summed E-state index contributed by atoms with van der Waals surface area (Å²) in [5.41, 5.74) is 1.35. The Balaban J connectivity index is 2.28. The highest BCUT2D eigenvalue weighted by Gasteiger charge is 2.09. The lowest BCUT2D eigenvalue weighted by Crippen LogP contribution is -2.34. The predicted molar refractivity (Wildman–Crippen MR) is 80.0 cm³/mol. The van der Waals surface area contributed by atoms with Crippen molar-refractivity contribution >= 4 is 11.3 Å². The number of hydrogen-bond donors (Lipinski definition) is 1. The van der Waals surface area contributed by atoms with Gasteiger partial charge in [0.2, 0.25) is 0 Å². The molecule has 0 atom stereocenters. The van der Waals surface area contributed by atoms with Crippen molar-refractivity contribution in [2.75, 3.05) is 6.61 Å². The van der Waals surface area contributed by atoms with E-state index in [1.165, 1.54) is 15.3 Å². The second kappa shape index (κ2) is 7.07. The van der Waals surface area contributed by atoms with Crippen LogP contribution in [0.1, 0.15) is 43.9 Å². The monoisotopic (exact) mass is 267 g/mol. The molecule has 0 saturated heterocycles. The fourth-order valence-corrected chi connectivity index (χ4v) is 2.26. The van der Waals surface area contributed by atoms with E-state index in [1.54, 1.807) is 0 Å². The van der Waals surface area contributed by atoms with Gasteiger partial charge in [0.25, 0.3) is 0 Å². The molecule has 2 nitrogen and oxygen atoms in total. The topological polar surface area (TPSA) is 21.3 Å². The Bertz CT molecular complexity index is 376. The maximum absolute atomic E-state index is 5.62. The molecule has 1 heterocycles. The summed E-state index contributed by atoms with van der Waals surface area (Å²) in [7, 11) is 0. The predicted octanol–water partition coefficient (Wildman–Crippen LogP) is 4.12. The largest absolute Gasteiger partial charge is 0.376 e. The van der Waals surface area contributed by atoms with E-state index in [1.807, 2.05) is 18.3 Å². The van der Waals surface area contributed by atoms with E-state index in [2.05, 4.69) is 44.8 Å². The van der Waals surface area contributed by atoms with Crippen molar-refractivity contribution in [1.82, 2.24) is 5.32 Å².